The van der Waals surface area contributed by atoms with E-state index in [1.165, 1.54) is 12.1 Å². The van der Waals surface area contributed by atoms with E-state index < -0.39 is 16.4 Å². The minimum absolute atomic E-state index is 0.0115. The highest BCUT2D eigenvalue weighted by Crippen LogP contribution is 2.53. The van der Waals surface area contributed by atoms with Gasteiger partial charge in [-0.1, -0.05) is 43.5 Å². The first-order valence-electron chi connectivity index (χ1n) is 12.4. The number of aliphatic hydroxyl groups is 1. The van der Waals surface area contributed by atoms with Gasteiger partial charge in [-0.3, -0.25) is 19.7 Å². The van der Waals surface area contributed by atoms with Gasteiger partial charge in [-0.05, 0) is 72.0 Å². The highest BCUT2D eigenvalue weighted by molar-refractivity contribution is 14.1. The molecule has 36 heavy (non-hydrogen) atoms. The smallest absolute Gasteiger partial charge is 0.269 e. The third kappa shape index (κ3) is 4.87. The number of carbonyl (C=O) groups excluding carboxylic acids is 2. The van der Waals surface area contributed by atoms with Gasteiger partial charge in [0.15, 0.2) is 0 Å². The predicted molar refractivity (Wildman–Crippen MR) is 144 cm³/mol. The zero-order valence-corrected chi connectivity index (χ0v) is 22.7. The average molecular weight is 605 g/mol. The molecule has 1 heterocycles. The Hall–Kier alpha value is -2.53. The molecule has 2 aromatic rings. The van der Waals surface area contributed by atoms with Crippen molar-refractivity contribution >= 4 is 40.1 Å². The Kier molecular flexibility index (Phi) is 7.99. The first kappa shape index (κ1) is 26.5. The lowest BCUT2D eigenvalue weighted by molar-refractivity contribution is -0.384. The van der Waals surface area contributed by atoms with E-state index in [0.29, 0.717) is 5.56 Å². The van der Waals surface area contributed by atoms with Crippen LogP contribution in [-0.2, 0) is 21.6 Å². The highest BCUT2D eigenvalue weighted by atomic mass is 127. The van der Waals surface area contributed by atoms with Crippen LogP contribution in [0.2, 0.25) is 0 Å². The Morgan fingerprint density at radius 1 is 1.19 bits per heavy atom. The molecule has 2 aromatic carbocycles. The Morgan fingerprint density at radius 2 is 1.86 bits per heavy atom. The monoisotopic (exact) mass is 605 g/mol. The lowest BCUT2D eigenvalue weighted by atomic mass is 9.70. The van der Waals surface area contributed by atoms with Crippen molar-refractivity contribution in [3.8, 4) is 0 Å². The fraction of sp³-hybridized carbons (Fsp3) is 0.481. The van der Waals surface area contributed by atoms with Crippen molar-refractivity contribution < 1.29 is 19.6 Å². The molecule has 1 aliphatic heterocycles. The first-order chi connectivity index (χ1) is 17.2. The predicted octanol–water partition coefficient (Wildman–Crippen LogP) is 4.76. The lowest BCUT2D eigenvalue weighted by Crippen LogP contribution is -2.51. The zero-order chi connectivity index (χ0) is 26.0. The van der Waals surface area contributed by atoms with Crippen molar-refractivity contribution in [1.29, 1.82) is 0 Å². The lowest BCUT2D eigenvalue weighted by Gasteiger charge is -2.42. The molecule has 0 bridgehead atoms. The van der Waals surface area contributed by atoms with E-state index >= 15 is 0 Å². The van der Waals surface area contributed by atoms with E-state index in [0.717, 1.165) is 46.8 Å². The van der Waals surface area contributed by atoms with Crippen LogP contribution in [0.1, 0.15) is 75.1 Å². The second-order valence-corrected chi connectivity index (χ2v) is 11.3. The van der Waals surface area contributed by atoms with E-state index in [1.807, 2.05) is 36.9 Å². The molecule has 4 rings (SSSR count). The minimum atomic E-state index is -1.26. The molecule has 1 saturated carbocycles. The molecule has 1 saturated heterocycles. The summed E-state index contributed by atoms with van der Waals surface area (Å²) in [6.07, 6.45) is 4.95. The molecule has 2 aliphatic rings. The maximum Gasteiger partial charge on any atom is 0.269 e. The van der Waals surface area contributed by atoms with Gasteiger partial charge in [-0.2, -0.15) is 0 Å². The van der Waals surface area contributed by atoms with Gasteiger partial charge in [0, 0.05) is 34.2 Å². The van der Waals surface area contributed by atoms with Crippen molar-refractivity contribution in [1.82, 2.24) is 10.2 Å². The van der Waals surface area contributed by atoms with E-state index in [9.17, 15) is 24.8 Å². The number of amides is 2. The number of nitro groups is 1. The summed E-state index contributed by atoms with van der Waals surface area (Å²) in [5, 5.41) is 24.1. The summed E-state index contributed by atoms with van der Waals surface area (Å²) >= 11 is 2.22. The molecule has 9 heteroatoms. The van der Waals surface area contributed by atoms with Gasteiger partial charge in [0.2, 0.25) is 11.8 Å². The number of benzene rings is 2. The molecule has 0 aromatic heterocycles. The number of hydrogen-bond acceptors (Lipinski definition) is 5. The van der Waals surface area contributed by atoms with Crippen LogP contribution in [0.4, 0.5) is 5.69 Å². The summed E-state index contributed by atoms with van der Waals surface area (Å²) in [7, 11) is 0. The van der Waals surface area contributed by atoms with Gasteiger partial charge in [0.05, 0.1) is 17.6 Å². The van der Waals surface area contributed by atoms with E-state index in [2.05, 4.69) is 27.9 Å². The van der Waals surface area contributed by atoms with Gasteiger partial charge in [0.1, 0.15) is 5.41 Å². The number of non-ortho nitro benzene ring substituents is 1. The fourth-order valence-corrected chi connectivity index (χ4v) is 6.63. The number of aliphatic hydroxyl groups excluding tert-OH is 1. The van der Waals surface area contributed by atoms with Crippen LogP contribution in [0.3, 0.4) is 0 Å². The summed E-state index contributed by atoms with van der Waals surface area (Å²) in [6, 6.07) is 11.0. The molecule has 2 atom stereocenters. The van der Waals surface area contributed by atoms with Crippen LogP contribution < -0.4 is 5.32 Å². The quantitative estimate of drug-likeness (QED) is 0.269. The Balaban J connectivity index is 1.96. The van der Waals surface area contributed by atoms with E-state index in [1.54, 1.807) is 12.1 Å². The minimum Gasteiger partial charge on any atom is -0.392 e. The highest BCUT2D eigenvalue weighted by Gasteiger charge is 2.60. The Morgan fingerprint density at radius 3 is 2.42 bits per heavy atom. The molecule has 2 N–H and O–H groups in total. The third-order valence-corrected chi connectivity index (χ3v) is 8.33. The first-order valence-corrected chi connectivity index (χ1v) is 13.5. The summed E-state index contributed by atoms with van der Waals surface area (Å²) in [5.41, 5.74) is 0.870. The number of nitrogens with zero attached hydrogens (tertiary/aromatic N) is 2. The van der Waals surface area contributed by atoms with Gasteiger partial charge >= 0.3 is 0 Å². The van der Waals surface area contributed by atoms with Crippen molar-refractivity contribution in [3.63, 3.8) is 0 Å². The standard InChI is InChI=1S/C27H32IN3O5/c1-17(2)29-26(34)27(19-9-11-21(12-10-19)31(35)36)15-24(33)30(20-6-4-3-5-7-20)25(27)22-13-8-18(16-32)14-23(22)28/h8-14,17,20,25,32H,3-7,15-16H2,1-2H3,(H,29,34)/t25-,27-/m1/s1. The van der Waals surface area contributed by atoms with Gasteiger partial charge in [-0.25, -0.2) is 0 Å². The van der Waals surface area contributed by atoms with Crippen molar-refractivity contribution in [3.05, 3.63) is 72.8 Å². The summed E-state index contributed by atoms with van der Waals surface area (Å²) in [5.74, 6) is -0.337. The maximum absolute atomic E-state index is 14.1. The van der Waals surface area contributed by atoms with Crippen LogP contribution in [0, 0.1) is 13.7 Å². The molecule has 2 amide bonds. The number of carbonyl (C=O) groups is 2. The Bertz CT molecular complexity index is 1150. The van der Waals surface area contributed by atoms with Crippen molar-refractivity contribution in [2.45, 2.75) is 82.5 Å². The molecule has 8 nitrogen and oxygen atoms in total. The number of hydrogen-bond donors (Lipinski definition) is 2. The molecule has 0 radical (unpaired) electrons. The second kappa shape index (κ2) is 10.8. The van der Waals surface area contributed by atoms with Gasteiger partial charge in [-0.15, -0.1) is 0 Å². The summed E-state index contributed by atoms with van der Waals surface area (Å²) in [6.45, 7) is 3.66. The van der Waals surface area contributed by atoms with Crippen LogP contribution in [0.5, 0.6) is 0 Å². The molecule has 1 aliphatic carbocycles. The molecule has 0 spiro atoms. The normalized spacial score (nSPS) is 22.8. The number of halogens is 1. The van der Waals surface area contributed by atoms with Gasteiger partial charge in [0.25, 0.3) is 5.69 Å². The van der Waals surface area contributed by atoms with Crippen LogP contribution >= 0.6 is 22.6 Å². The molecule has 0 unspecified atom stereocenters. The van der Waals surface area contributed by atoms with Gasteiger partial charge < -0.3 is 15.3 Å². The zero-order valence-electron chi connectivity index (χ0n) is 20.6. The topological polar surface area (TPSA) is 113 Å². The largest absolute Gasteiger partial charge is 0.392 e. The number of rotatable bonds is 7. The van der Waals surface area contributed by atoms with Crippen molar-refractivity contribution in [2.24, 2.45) is 0 Å². The average Bonchev–Trinajstić information content (AvgIpc) is 3.17. The summed E-state index contributed by atoms with van der Waals surface area (Å²) in [4.78, 5) is 40.8. The van der Waals surface area contributed by atoms with E-state index in [-0.39, 0.29) is 42.6 Å². The second-order valence-electron chi connectivity index (χ2n) is 10.1. The maximum atomic E-state index is 14.1. The fourth-order valence-electron chi connectivity index (χ4n) is 5.75. The number of nitrogens with one attached hydrogen (secondary N) is 1. The molecular weight excluding hydrogens is 573 g/mol. The number of likely N-dealkylation sites (tertiary alicyclic amines) is 1. The third-order valence-electron chi connectivity index (χ3n) is 7.39. The number of nitro benzene ring substituents is 1. The van der Waals surface area contributed by atoms with Crippen LogP contribution in [0.25, 0.3) is 0 Å². The molecule has 192 valence electrons. The van der Waals surface area contributed by atoms with E-state index in [4.69, 9.17) is 0 Å². The summed E-state index contributed by atoms with van der Waals surface area (Å²) < 4.78 is 0.864. The molecule has 2 fully saturated rings. The van der Waals surface area contributed by atoms with Crippen LogP contribution in [-0.4, -0.2) is 38.8 Å². The van der Waals surface area contributed by atoms with Crippen LogP contribution in [0.15, 0.2) is 42.5 Å². The Labute approximate surface area is 224 Å². The SMILES string of the molecule is CC(C)NC(=O)[C@@]1(c2ccc([N+](=O)[O-])cc2)CC(=O)N(C2CCCCC2)[C@@H]1c1ccc(CO)cc1I. The molecular formula is C27H32IN3O5. The van der Waals surface area contributed by atoms with Crippen molar-refractivity contribution in [2.75, 3.05) is 0 Å².